The van der Waals surface area contributed by atoms with E-state index in [9.17, 15) is 4.79 Å². The second-order valence-corrected chi connectivity index (χ2v) is 8.01. The van der Waals surface area contributed by atoms with E-state index in [1.165, 1.54) is 11.1 Å². The van der Waals surface area contributed by atoms with Crippen molar-refractivity contribution in [3.63, 3.8) is 0 Å². The van der Waals surface area contributed by atoms with Gasteiger partial charge < -0.3 is 10.6 Å². The van der Waals surface area contributed by atoms with E-state index in [0.29, 0.717) is 11.8 Å². The van der Waals surface area contributed by atoms with E-state index in [0.717, 1.165) is 30.9 Å². The van der Waals surface area contributed by atoms with Gasteiger partial charge >= 0.3 is 6.03 Å². The minimum absolute atomic E-state index is 0.107. The predicted molar refractivity (Wildman–Crippen MR) is 112 cm³/mol. The summed E-state index contributed by atoms with van der Waals surface area (Å²) in [6.45, 7) is 11.5. The molecule has 1 aliphatic rings. The largest absolute Gasteiger partial charge is 0.335 e. The third-order valence-electron chi connectivity index (χ3n) is 5.72. The molecule has 2 unspecified atom stereocenters. The first kappa shape index (κ1) is 19.4. The van der Waals surface area contributed by atoms with Crippen molar-refractivity contribution in [3.05, 3.63) is 65.2 Å². The van der Waals surface area contributed by atoms with E-state index < -0.39 is 0 Å². The Morgan fingerprint density at radius 3 is 2.33 bits per heavy atom. The number of hydrogen-bond donors (Lipinski definition) is 2. The Morgan fingerprint density at radius 1 is 1.00 bits per heavy atom. The monoisotopic (exact) mass is 365 g/mol. The van der Waals surface area contributed by atoms with E-state index in [2.05, 4.69) is 72.7 Å². The molecule has 1 heterocycles. The van der Waals surface area contributed by atoms with Gasteiger partial charge in [-0.2, -0.15) is 0 Å². The predicted octanol–water partition coefficient (Wildman–Crippen LogP) is 4.58. The van der Waals surface area contributed by atoms with Gasteiger partial charge in [-0.05, 0) is 48.4 Å². The molecule has 144 valence electrons. The van der Waals surface area contributed by atoms with Crippen LogP contribution < -0.4 is 10.6 Å². The normalized spacial score (nSPS) is 23.0. The molecule has 3 rings (SSSR count). The van der Waals surface area contributed by atoms with E-state index in [-0.39, 0.29) is 12.1 Å². The number of likely N-dealkylation sites (tertiary alicyclic amines) is 1. The second-order valence-electron chi connectivity index (χ2n) is 8.01. The molecular weight excluding hydrogens is 334 g/mol. The van der Waals surface area contributed by atoms with Crippen molar-refractivity contribution in [1.82, 2.24) is 10.2 Å². The summed E-state index contributed by atoms with van der Waals surface area (Å²) in [5.41, 5.74) is 4.53. The highest BCUT2D eigenvalue weighted by Gasteiger charge is 2.32. The lowest BCUT2D eigenvalue weighted by atomic mass is 9.85. The number of benzene rings is 2. The molecule has 27 heavy (non-hydrogen) atoms. The zero-order valence-corrected chi connectivity index (χ0v) is 16.8. The molecule has 2 atom stereocenters. The molecule has 0 bridgehead atoms. The molecule has 0 saturated carbocycles. The van der Waals surface area contributed by atoms with Crippen molar-refractivity contribution in [3.8, 4) is 0 Å². The number of nitrogens with zero attached hydrogens (tertiary/aromatic N) is 1. The number of amides is 2. The molecule has 0 aromatic heterocycles. The number of anilines is 1. The number of carbonyl (C=O) groups is 1. The van der Waals surface area contributed by atoms with E-state index in [4.69, 9.17) is 0 Å². The maximum absolute atomic E-state index is 12.6. The molecule has 0 spiro atoms. The van der Waals surface area contributed by atoms with Crippen molar-refractivity contribution in [2.45, 2.75) is 40.3 Å². The standard InChI is InChI=1S/C23H31N3O/c1-16-9-8-12-21(19(16)4)24-23(27)25-22-17(2)13-26(14-18(22)3)15-20-10-6-5-7-11-20/h5-12,17-18,22H,13-15H2,1-4H3,(H2,24,25,27). The van der Waals surface area contributed by atoms with Crippen LogP contribution in [0.25, 0.3) is 0 Å². The van der Waals surface area contributed by atoms with Gasteiger partial charge in [-0.25, -0.2) is 4.79 Å². The number of rotatable bonds is 4. The number of hydrogen-bond acceptors (Lipinski definition) is 2. The minimum atomic E-state index is -0.107. The van der Waals surface area contributed by atoms with Gasteiger partial charge in [-0.1, -0.05) is 56.3 Å². The first-order valence-corrected chi connectivity index (χ1v) is 9.84. The highest BCUT2D eigenvalue weighted by atomic mass is 16.2. The summed E-state index contributed by atoms with van der Waals surface area (Å²) in [6.07, 6.45) is 0. The van der Waals surface area contributed by atoms with E-state index in [1.807, 2.05) is 19.1 Å². The number of piperidine rings is 1. The van der Waals surface area contributed by atoms with E-state index in [1.54, 1.807) is 0 Å². The average Bonchev–Trinajstić information content (AvgIpc) is 2.63. The van der Waals surface area contributed by atoms with Crippen LogP contribution in [0, 0.1) is 25.7 Å². The lowest BCUT2D eigenvalue weighted by Gasteiger charge is -2.41. The summed E-state index contributed by atoms with van der Waals surface area (Å²) in [7, 11) is 0. The summed E-state index contributed by atoms with van der Waals surface area (Å²) in [6, 6.07) is 16.7. The number of urea groups is 1. The van der Waals surface area contributed by atoms with Gasteiger partial charge in [-0.15, -0.1) is 0 Å². The van der Waals surface area contributed by atoms with Crippen molar-refractivity contribution >= 4 is 11.7 Å². The van der Waals surface area contributed by atoms with Crippen LogP contribution in [-0.4, -0.2) is 30.1 Å². The molecule has 0 radical (unpaired) electrons. The van der Waals surface area contributed by atoms with Crippen LogP contribution in [0.15, 0.2) is 48.5 Å². The van der Waals surface area contributed by atoms with Gasteiger partial charge in [0.05, 0.1) is 0 Å². The fraction of sp³-hybridized carbons (Fsp3) is 0.435. The van der Waals surface area contributed by atoms with Gasteiger partial charge in [0, 0.05) is 31.4 Å². The Labute approximate surface area is 163 Å². The highest BCUT2D eigenvalue weighted by molar-refractivity contribution is 5.90. The third kappa shape index (κ3) is 4.89. The number of carbonyl (C=O) groups excluding carboxylic acids is 1. The molecule has 2 N–H and O–H groups in total. The van der Waals surface area contributed by atoms with Crippen LogP contribution in [0.1, 0.15) is 30.5 Å². The zero-order valence-electron chi connectivity index (χ0n) is 16.8. The summed E-state index contributed by atoms with van der Waals surface area (Å²) >= 11 is 0. The molecule has 2 amide bonds. The Morgan fingerprint density at radius 2 is 1.67 bits per heavy atom. The van der Waals surface area contributed by atoms with Crippen LogP contribution in [0.2, 0.25) is 0 Å². The molecule has 2 aromatic carbocycles. The van der Waals surface area contributed by atoms with Crippen molar-refractivity contribution in [2.24, 2.45) is 11.8 Å². The van der Waals surface area contributed by atoms with Gasteiger partial charge in [-0.3, -0.25) is 4.90 Å². The van der Waals surface area contributed by atoms with Gasteiger partial charge in [0.1, 0.15) is 0 Å². The average molecular weight is 366 g/mol. The molecule has 1 saturated heterocycles. The number of nitrogens with one attached hydrogen (secondary N) is 2. The first-order valence-electron chi connectivity index (χ1n) is 9.84. The highest BCUT2D eigenvalue weighted by Crippen LogP contribution is 2.24. The van der Waals surface area contributed by atoms with Crippen LogP contribution in [0.3, 0.4) is 0 Å². The Hall–Kier alpha value is -2.33. The van der Waals surface area contributed by atoms with E-state index >= 15 is 0 Å². The summed E-state index contributed by atoms with van der Waals surface area (Å²) < 4.78 is 0. The fourth-order valence-electron chi connectivity index (χ4n) is 4.13. The van der Waals surface area contributed by atoms with Crippen molar-refractivity contribution < 1.29 is 4.79 Å². The van der Waals surface area contributed by atoms with Gasteiger partial charge in [0.15, 0.2) is 0 Å². The Bertz CT molecular complexity index is 762. The summed E-state index contributed by atoms with van der Waals surface area (Å²) in [4.78, 5) is 15.1. The summed E-state index contributed by atoms with van der Waals surface area (Å²) in [5.74, 6) is 0.809. The van der Waals surface area contributed by atoms with Crippen LogP contribution in [0.5, 0.6) is 0 Å². The SMILES string of the molecule is Cc1cccc(NC(=O)NC2C(C)CN(Cc3ccccc3)CC2C)c1C. The molecule has 0 aliphatic carbocycles. The van der Waals surface area contributed by atoms with Crippen LogP contribution in [0.4, 0.5) is 10.5 Å². The maximum atomic E-state index is 12.6. The van der Waals surface area contributed by atoms with Gasteiger partial charge in [0.25, 0.3) is 0 Å². The Balaban J connectivity index is 1.57. The lowest BCUT2D eigenvalue weighted by molar-refractivity contribution is 0.0994. The molecule has 1 fully saturated rings. The lowest BCUT2D eigenvalue weighted by Crippen LogP contribution is -2.55. The zero-order chi connectivity index (χ0) is 19.4. The summed E-state index contributed by atoms with van der Waals surface area (Å²) in [5, 5.41) is 6.25. The van der Waals surface area contributed by atoms with Crippen LogP contribution >= 0.6 is 0 Å². The van der Waals surface area contributed by atoms with Gasteiger partial charge in [0.2, 0.25) is 0 Å². The fourth-order valence-corrected chi connectivity index (χ4v) is 4.13. The smallest absolute Gasteiger partial charge is 0.319 e. The third-order valence-corrected chi connectivity index (χ3v) is 5.72. The molecular formula is C23H31N3O. The van der Waals surface area contributed by atoms with Crippen LogP contribution in [-0.2, 0) is 6.54 Å². The second kappa shape index (κ2) is 8.57. The molecule has 1 aliphatic heterocycles. The van der Waals surface area contributed by atoms with Crippen molar-refractivity contribution in [1.29, 1.82) is 0 Å². The number of aryl methyl sites for hydroxylation is 1. The quantitative estimate of drug-likeness (QED) is 0.833. The molecule has 4 heteroatoms. The molecule has 2 aromatic rings. The minimum Gasteiger partial charge on any atom is -0.335 e. The molecule has 4 nitrogen and oxygen atoms in total. The first-order chi connectivity index (χ1) is 12.9. The van der Waals surface area contributed by atoms with Crippen molar-refractivity contribution in [2.75, 3.05) is 18.4 Å². The Kier molecular flexibility index (Phi) is 6.17. The maximum Gasteiger partial charge on any atom is 0.319 e. The topological polar surface area (TPSA) is 44.4 Å².